The largest absolute Gasteiger partial charge is 0.260 e. The molecule has 0 aliphatic rings. The Balaban J connectivity index is 2.12. The zero-order chi connectivity index (χ0) is 15.8. The van der Waals surface area contributed by atoms with Gasteiger partial charge < -0.3 is 0 Å². The van der Waals surface area contributed by atoms with Gasteiger partial charge in [0.2, 0.25) is 5.69 Å². The van der Waals surface area contributed by atoms with E-state index in [4.69, 9.17) is 5.10 Å². The van der Waals surface area contributed by atoms with Crippen LogP contribution in [0.3, 0.4) is 0 Å². The second-order valence-corrected chi connectivity index (χ2v) is 5.64. The van der Waals surface area contributed by atoms with E-state index >= 15 is 0 Å². The van der Waals surface area contributed by atoms with Crippen LogP contribution in [0, 0.1) is 13.8 Å². The van der Waals surface area contributed by atoms with E-state index in [-0.39, 0.29) is 0 Å². The topological polar surface area (TPSA) is 34.3 Å². The molecule has 0 bridgehead atoms. The van der Waals surface area contributed by atoms with Crippen molar-refractivity contribution < 1.29 is 4.63 Å². The molecule has 0 amide bonds. The summed E-state index contributed by atoms with van der Waals surface area (Å²) < 4.78 is 3.75. The molecule has 4 aromatic rings. The summed E-state index contributed by atoms with van der Waals surface area (Å²) in [5, 5.41) is 9.49. The lowest BCUT2D eigenvalue weighted by molar-refractivity contribution is -0.674. The molecular weight excluding hydrogens is 284 g/mol. The molecule has 0 N–H and O–H groups in total. The van der Waals surface area contributed by atoms with Crippen molar-refractivity contribution in [2.24, 2.45) is 0 Å². The first kappa shape index (κ1) is 13.6. The molecule has 0 aliphatic carbocycles. The van der Waals surface area contributed by atoms with E-state index in [1.807, 2.05) is 65.6 Å². The summed E-state index contributed by atoms with van der Waals surface area (Å²) >= 11 is 0. The maximum absolute atomic E-state index is 4.82. The molecule has 4 rings (SSSR count). The second-order valence-electron chi connectivity index (χ2n) is 5.64. The lowest BCUT2D eigenvalue weighted by Gasteiger charge is -1.98. The Morgan fingerprint density at radius 2 is 1.43 bits per heavy atom. The third kappa shape index (κ3) is 2.28. The van der Waals surface area contributed by atoms with Gasteiger partial charge in [-0.15, -0.1) is 0 Å². The highest BCUT2D eigenvalue weighted by molar-refractivity contribution is 5.75. The Kier molecular flexibility index (Phi) is 3.15. The van der Waals surface area contributed by atoms with Gasteiger partial charge in [0.1, 0.15) is 5.69 Å². The molecule has 0 atom stereocenters. The molecule has 0 fully saturated rings. The van der Waals surface area contributed by atoms with Gasteiger partial charge in [0.05, 0.1) is 10.8 Å². The van der Waals surface area contributed by atoms with Crippen LogP contribution in [-0.4, -0.2) is 14.8 Å². The fourth-order valence-corrected chi connectivity index (χ4v) is 2.87. The fraction of sp³-hybridized carbons (Fsp3) is 0.105. The van der Waals surface area contributed by atoms with Crippen molar-refractivity contribution in [1.29, 1.82) is 0 Å². The van der Waals surface area contributed by atoms with Gasteiger partial charge in [0.15, 0.2) is 0 Å². The molecule has 0 spiro atoms. The average molecular weight is 301 g/mol. The van der Waals surface area contributed by atoms with Gasteiger partial charge in [-0.05, 0) is 24.5 Å². The quantitative estimate of drug-likeness (QED) is 0.533. The molecule has 23 heavy (non-hydrogen) atoms. The van der Waals surface area contributed by atoms with Crippen LogP contribution in [0.4, 0.5) is 0 Å². The number of nitrogens with zero attached hydrogens (tertiary/aromatic N) is 4. The lowest BCUT2D eigenvalue weighted by Crippen LogP contribution is -2.36. The lowest BCUT2D eigenvalue weighted by atomic mass is 10.1. The van der Waals surface area contributed by atoms with Gasteiger partial charge in [-0.3, -0.25) is 0 Å². The Bertz CT molecular complexity index is 973. The van der Waals surface area contributed by atoms with Crippen LogP contribution in [-0.2, 0) is 0 Å². The van der Waals surface area contributed by atoms with Crippen molar-refractivity contribution in [3.05, 3.63) is 78.1 Å². The molecule has 2 aromatic carbocycles. The highest BCUT2D eigenvalue weighted by atomic mass is 15.6. The summed E-state index contributed by atoms with van der Waals surface area (Å²) in [7, 11) is 0. The second kappa shape index (κ2) is 5.32. The molecule has 112 valence electrons. The van der Waals surface area contributed by atoms with E-state index in [9.17, 15) is 0 Å². The van der Waals surface area contributed by atoms with Crippen molar-refractivity contribution in [1.82, 2.24) is 14.8 Å². The Morgan fingerprint density at radius 1 is 0.826 bits per heavy atom. The van der Waals surface area contributed by atoms with Gasteiger partial charge in [-0.2, -0.15) is 0 Å². The van der Waals surface area contributed by atoms with Gasteiger partial charge in [-0.25, -0.2) is 0 Å². The molecule has 2 heterocycles. The van der Waals surface area contributed by atoms with E-state index in [2.05, 4.69) is 29.4 Å². The number of hydrogen-bond acceptors (Lipinski definition) is 2. The molecule has 0 radical (unpaired) electrons. The van der Waals surface area contributed by atoms with Crippen molar-refractivity contribution >= 4 is 0 Å². The van der Waals surface area contributed by atoms with E-state index in [0.717, 1.165) is 33.9 Å². The number of rotatable bonds is 2. The van der Waals surface area contributed by atoms with Crippen LogP contribution >= 0.6 is 0 Å². The molecule has 0 saturated heterocycles. The minimum absolute atomic E-state index is 0.933. The zero-order valence-corrected chi connectivity index (χ0v) is 13.1. The van der Waals surface area contributed by atoms with E-state index in [1.54, 1.807) is 0 Å². The first-order valence-electron chi connectivity index (χ1n) is 7.64. The molecule has 2 aromatic heterocycles. The third-order valence-corrected chi connectivity index (χ3v) is 3.88. The summed E-state index contributed by atoms with van der Waals surface area (Å²) in [5.74, 6) is 0. The van der Waals surface area contributed by atoms with Crippen molar-refractivity contribution in [3.8, 4) is 22.5 Å². The standard InChI is InChI=1S/C19H17N4/c1-14-13-15(2)22-21-18(16-9-5-3-6-10-16)19(23(22)20-14)17-11-7-4-8-12-17/h3-13H,1-2H3/q+1. The van der Waals surface area contributed by atoms with Crippen LogP contribution in [0.1, 0.15) is 11.4 Å². The summed E-state index contributed by atoms with van der Waals surface area (Å²) in [6.45, 7) is 4.05. The number of aryl methyl sites for hydroxylation is 2. The first-order chi connectivity index (χ1) is 11.2. The zero-order valence-electron chi connectivity index (χ0n) is 13.1. The summed E-state index contributed by atoms with van der Waals surface area (Å²) in [5.41, 5.74) is 6.14. The fourth-order valence-electron chi connectivity index (χ4n) is 2.87. The highest BCUT2D eigenvalue weighted by Crippen LogP contribution is 2.27. The number of hydrogen-bond donors (Lipinski definition) is 0. The molecule has 4 heteroatoms. The predicted molar refractivity (Wildman–Crippen MR) is 89.0 cm³/mol. The van der Waals surface area contributed by atoms with E-state index < -0.39 is 0 Å². The first-order valence-corrected chi connectivity index (χ1v) is 7.64. The Morgan fingerprint density at radius 3 is 2.09 bits per heavy atom. The van der Waals surface area contributed by atoms with Crippen LogP contribution < -0.4 is 4.63 Å². The highest BCUT2D eigenvalue weighted by Gasteiger charge is 2.27. The van der Waals surface area contributed by atoms with Crippen LogP contribution in [0.5, 0.6) is 0 Å². The monoisotopic (exact) mass is 301 g/mol. The molecule has 4 nitrogen and oxygen atoms in total. The smallest absolute Gasteiger partial charge is 0.0623 e. The Hall–Kier alpha value is -3.01. The molecule has 0 aliphatic heterocycles. The average Bonchev–Trinajstić information content (AvgIpc) is 2.96. The van der Waals surface area contributed by atoms with Gasteiger partial charge in [0, 0.05) is 15.8 Å². The molecule has 0 unspecified atom stereocenters. The summed E-state index contributed by atoms with van der Waals surface area (Å²) in [6.07, 6.45) is 0. The molecule has 0 saturated carbocycles. The number of benzene rings is 2. The summed E-state index contributed by atoms with van der Waals surface area (Å²) in [6, 6.07) is 22.6. The van der Waals surface area contributed by atoms with Crippen molar-refractivity contribution in [3.63, 3.8) is 0 Å². The predicted octanol–water partition coefficient (Wildman–Crippen LogP) is 3.27. The van der Waals surface area contributed by atoms with Crippen LogP contribution in [0.2, 0.25) is 0 Å². The third-order valence-electron chi connectivity index (χ3n) is 3.88. The molecular formula is C19H17N4+. The normalized spacial score (nSPS) is 11.0. The van der Waals surface area contributed by atoms with Gasteiger partial charge in [0.25, 0.3) is 5.69 Å². The van der Waals surface area contributed by atoms with Crippen molar-refractivity contribution in [2.75, 3.05) is 0 Å². The van der Waals surface area contributed by atoms with Crippen molar-refractivity contribution in [2.45, 2.75) is 13.8 Å². The van der Waals surface area contributed by atoms with Gasteiger partial charge >= 0.3 is 0 Å². The van der Waals surface area contributed by atoms with Gasteiger partial charge in [-0.1, -0.05) is 65.8 Å². The SMILES string of the molecule is Cc1cc(C)n2nc(-c3ccccc3)c(-c3ccccc3)[n+]2n1. The minimum Gasteiger partial charge on any atom is -0.0623 e. The van der Waals surface area contributed by atoms with E-state index in [1.165, 1.54) is 0 Å². The van der Waals surface area contributed by atoms with Crippen LogP contribution in [0.25, 0.3) is 22.5 Å². The van der Waals surface area contributed by atoms with Crippen LogP contribution in [0.15, 0.2) is 66.7 Å². The summed E-state index contributed by atoms with van der Waals surface area (Å²) in [4.78, 5) is 0. The maximum Gasteiger partial charge on any atom is 0.260 e. The number of aromatic nitrogens is 4. The maximum atomic E-state index is 4.82. The Labute approximate surface area is 134 Å². The van der Waals surface area contributed by atoms with E-state index in [0.29, 0.717) is 0 Å². The number of fused-ring (bicyclic) bond motifs is 1. The minimum atomic E-state index is 0.933.